The van der Waals surface area contributed by atoms with Gasteiger partial charge in [0, 0.05) is 12.7 Å². The Labute approximate surface area is 108 Å². The van der Waals surface area contributed by atoms with Gasteiger partial charge in [-0.2, -0.15) is 0 Å². The standard InChI is InChI=1S/C12H13ClN4O/c1-3-4-16-5-8-9(12(16)18)7(2)10-11(13)14-6-15-17(8)10/h5-6H,3-4H2,1-2H3,(H,14,15). The lowest BCUT2D eigenvalue weighted by Crippen LogP contribution is -2.14. The first kappa shape index (κ1) is 11.3. The van der Waals surface area contributed by atoms with Gasteiger partial charge in [0.2, 0.25) is 0 Å². The molecule has 0 aliphatic heterocycles. The normalized spacial score (nSPS) is 11.7. The Bertz CT molecular complexity index is 796. The SMILES string of the molecule is CCCn1cc2c(c(C)c3c(Cl)nc[nH]n32)c1=O. The van der Waals surface area contributed by atoms with Crippen LogP contribution < -0.4 is 5.56 Å². The molecule has 94 valence electrons. The second-order valence-electron chi connectivity index (χ2n) is 4.38. The third-order valence-electron chi connectivity index (χ3n) is 3.23. The summed E-state index contributed by atoms with van der Waals surface area (Å²) in [7, 11) is 0. The topological polar surface area (TPSA) is 55.1 Å². The molecule has 18 heavy (non-hydrogen) atoms. The third kappa shape index (κ3) is 1.34. The molecule has 3 heterocycles. The monoisotopic (exact) mass is 264 g/mol. The molecule has 3 aromatic rings. The van der Waals surface area contributed by atoms with E-state index in [4.69, 9.17) is 11.6 Å². The molecule has 0 amide bonds. The molecule has 0 aromatic carbocycles. The summed E-state index contributed by atoms with van der Waals surface area (Å²) in [6, 6.07) is 0. The number of halogens is 1. The van der Waals surface area contributed by atoms with Gasteiger partial charge < -0.3 is 4.57 Å². The number of aryl methyl sites for hydroxylation is 2. The van der Waals surface area contributed by atoms with E-state index in [0.29, 0.717) is 5.15 Å². The molecule has 3 aromatic heterocycles. The van der Waals surface area contributed by atoms with Crippen molar-refractivity contribution in [3.05, 3.63) is 33.6 Å². The van der Waals surface area contributed by atoms with Crippen molar-refractivity contribution in [2.24, 2.45) is 0 Å². The minimum atomic E-state index is 0.0394. The maximum absolute atomic E-state index is 12.3. The summed E-state index contributed by atoms with van der Waals surface area (Å²) in [4.78, 5) is 16.3. The number of nitrogens with zero attached hydrogens (tertiary/aromatic N) is 3. The van der Waals surface area contributed by atoms with Gasteiger partial charge in [-0.15, -0.1) is 0 Å². The highest BCUT2D eigenvalue weighted by Gasteiger charge is 2.17. The fraction of sp³-hybridized carbons (Fsp3) is 0.333. The molecule has 0 spiro atoms. The van der Waals surface area contributed by atoms with E-state index in [-0.39, 0.29) is 5.56 Å². The van der Waals surface area contributed by atoms with Crippen LogP contribution in [0.1, 0.15) is 18.9 Å². The summed E-state index contributed by atoms with van der Waals surface area (Å²) in [5.74, 6) is 0. The number of H-pyrrole nitrogens is 1. The number of fused-ring (bicyclic) bond motifs is 3. The first-order valence-corrected chi connectivity index (χ1v) is 6.26. The minimum Gasteiger partial charge on any atom is -0.313 e. The van der Waals surface area contributed by atoms with Crippen molar-refractivity contribution in [2.45, 2.75) is 26.8 Å². The van der Waals surface area contributed by atoms with Crippen LogP contribution in [0.25, 0.3) is 16.4 Å². The molecular formula is C12H13ClN4O. The molecule has 0 fully saturated rings. The number of aromatic nitrogens is 4. The van der Waals surface area contributed by atoms with Crippen molar-refractivity contribution in [3.8, 4) is 0 Å². The lowest BCUT2D eigenvalue weighted by Gasteiger charge is -2.00. The van der Waals surface area contributed by atoms with Gasteiger partial charge in [0.05, 0.1) is 10.9 Å². The molecule has 0 aliphatic rings. The summed E-state index contributed by atoms with van der Waals surface area (Å²) < 4.78 is 3.56. The molecule has 3 rings (SSSR count). The Balaban J connectivity index is 2.50. The summed E-state index contributed by atoms with van der Waals surface area (Å²) in [5.41, 5.74) is 2.53. The lowest BCUT2D eigenvalue weighted by molar-refractivity contribution is 0.666. The van der Waals surface area contributed by atoms with Crippen molar-refractivity contribution in [1.29, 1.82) is 0 Å². The molecule has 0 saturated heterocycles. The zero-order valence-corrected chi connectivity index (χ0v) is 11.0. The highest BCUT2D eigenvalue weighted by Crippen LogP contribution is 2.26. The number of aromatic amines is 1. The van der Waals surface area contributed by atoms with Crippen LogP contribution in [0, 0.1) is 6.92 Å². The average molecular weight is 265 g/mol. The molecule has 5 nitrogen and oxygen atoms in total. The maximum atomic E-state index is 12.3. The molecule has 0 aliphatic carbocycles. The van der Waals surface area contributed by atoms with Gasteiger partial charge in [0.25, 0.3) is 5.56 Å². The lowest BCUT2D eigenvalue weighted by atomic mass is 10.2. The van der Waals surface area contributed by atoms with Crippen LogP contribution in [0.2, 0.25) is 5.15 Å². The van der Waals surface area contributed by atoms with Gasteiger partial charge in [-0.1, -0.05) is 18.5 Å². The molecular weight excluding hydrogens is 252 g/mol. The maximum Gasteiger partial charge on any atom is 0.260 e. The fourth-order valence-corrected chi connectivity index (χ4v) is 2.72. The highest BCUT2D eigenvalue weighted by molar-refractivity contribution is 6.33. The van der Waals surface area contributed by atoms with E-state index in [1.165, 1.54) is 6.33 Å². The van der Waals surface area contributed by atoms with E-state index in [1.54, 1.807) is 4.57 Å². The van der Waals surface area contributed by atoms with Crippen molar-refractivity contribution in [1.82, 2.24) is 19.2 Å². The second kappa shape index (κ2) is 3.88. The summed E-state index contributed by atoms with van der Waals surface area (Å²) in [5, 5.41) is 4.13. The van der Waals surface area contributed by atoms with Gasteiger partial charge in [0.1, 0.15) is 11.8 Å². The van der Waals surface area contributed by atoms with E-state index < -0.39 is 0 Å². The smallest absolute Gasteiger partial charge is 0.260 e. The summed E-state index contributed by atoms with van der Waals surface area (Å²) in [6.07, 6.45) is 4.32. The number of nitrogens with one attached hydrogen (secondary N) is 1. The summed E-state index contributed by atoms with van der Waals surface area (Å²) in [6.45, 7) is 4.68. The van der Waals surface area contributed by atoms with Crippen LogP contribution in [-0.2, 0) is 6.54 Å². The Kier molecular flexibility index (Phi) is 2.45. The molecule has 0 bridgehead atoms. The van der Waals surface area contributed by atoms with E-state index >= 15 is 0 Å². The quantitative estimate of drug-likeness (QED) is 0.772. The van der Waals surface area contributed by atoms with Crippen LogP contribution in [0.4, 0.5) is 0 Å². The van der Waals surface area contributed by atoms with Gasteiger partial charge in [-0.3, -0.25) is 9.89 Å². The van der Waals surface area contributed by atoms with Gasteiger partial charge in [-0.05, 0) is 18.9 Å². The van der Waals surface area contributed by atoms with Crippen LogP contribution >= 0.6 is 11.6 Å². The van der Waals surface area contributed by atoms with Crippen molar-refractivity contribution >= 4 is 28.0 Å². The Morgan fingerprint density at radius 2 is 2.28 bits per heavy atom. The van der Waals surface area contributed by atoms with Gasteiger partial charge >= 0.3 is 0 Å². The predicted molar refractivity (Wildman–Crippen MR) is 71.3 cm³/mol. The summed E-state index contributed by atoms with van der Waals surface area (Å²) >= 11 is 6.08. The first-order valence-electron chi connectivity index (χ1n) is 5.88. The van der Waals surface area contributed by atoms with Crippen LogP contribution in [0.3, 0.4) is 0 Å². The van der Waals surface area contributed by atoms with E-state index in [2.05, 4.69) is 17.0 Å². The third-order valence-corrected chi connectivity index (χ3v) is 3.50. The largest absolute Gasteiger partial charge is 0.313 e. The van der Waals surface area contributed by atoms with Crippen LogP contribution in [-0.4, -0.2) is 19.2 Å². The van der Waals surface area contributed by atoms with Crippen molar-refractivity contribution in [3.63, 3.8) is 0 Å². The van der Waals surface area contributed by atoms with Gasteiger partial charge in [-0.25, -0.2) is 9.50 Å². The first-order chi connectivity index (χ1) is 8.65. The van der Waals surface area contributed by atoms with Crippen LogP contribution in [0.15, 0.2) is 17.3 Å². The Hall–Kier alpha value is -1.75. The zero-order chi connectivity index (χ0) is 12.9. The molecule has 1 N–H and O–H groups in total. The number of hydrogen-bond donors (Lipinski definition) is 1. The van der Waals surface area contributed by atoms with Crippen molar-refractivity contribution < 1.29 is 0 Å². The number of rotatable bonds is 2. The van der Waals surface area contributed by atoms with E-state index in [9.17, 15) is 4.79 Å². The Morgan fingerprint density at radius 3 is 3.00 bits per heavy atom. The average Bonchev–Trinajstić information content (AvgIpc) is 2.80. The Morgan fingerprint density at radius 1 is 1.50 bits per heavy atom. The minimum absolute atomic E-state index is 0.0394. The highest BCUT2D eigenvalue weighted by atomic mass is 35.5. The van der Waals surface area contributed by atoms with Crippen LogP contribution in [0.5, 0.6) is 0 Å². The molecule has 6 heteroatoms. The zero-order valence-electron chi connectivity index (χ0n) is 10.2. The van der Waals surface area contributed by atoms with Gasteiger partial charge in [0.15, 0.2) is 5.15 Å². The number of hydrogen-bond acceptors (Lipinski definition) is 2. The molecule has 0 saturated carbocycles. The molecule has 0 atom stereocenters. The predicted octanol–water partition coefficient (Wildman–Crippen LogP) is 2.35. The molecule has 0 unspecified atom stereocenters. The van der Waals surface area contributed by atoms with Crippen molar-refractivity contribution in [2.75, 3.05) is 0 Å². The molecule has 0 radical (unpaired) electrons. The van der Waals surface area contributed by atoms with E-state index in [1.807, 2.05) is 17.6 Å². The second-order valence-corrected chi connectivity index (χ2v) is 4.73. The fourth-order valence-electron chi connectivity index (χ4n) is 2.45. The van der Waals surface area contributed by atoms with E-state index in [0.717, 1.165) is 34.9 Å².